The Balaban J connectivity index is 2.04. The van der Waals surface area contributed by atoms with Gasteiger partial charge in [-0.15, -0.1) is 0 Å². The fraction of sp³-hybridized carbons (Fsp3) is 0.238. The average molecular weight is 458 g/mol. The van der Waals surface area contributed by atoms with Crippen molar-refractivity contribution in [1.82, 2.24) is 9.66 Å². The second-order valence-corrected chi connectivity index (χ2v) is 7.47. The maximum Gasteiger partial charge on any atom is 0.341 e. The third-order valence-electron chi connectivity index (χ3n) is 4.43. The van der Waals surface area contributed by atoms with E-state index in [9.17, 15) is 9.59 Å². The maximum absolute atomic E-state index is 13.1. The number of carboxylic acid groups (broad SMARTS) is 1. The van der Waals surface area contributed by atoms with Crippen LogP contribution in [0.3, 0.4) is 0 Å². The van der Waals surface area contributed by atoms with Gasteiger partial charge in [-0.3, -0.25) is 4.79 Å². The number of carbonyl (C=O) groups is 1. The monoisotopic (exact) mass is 457 g/mol. The quantitative estimate of drug-likeness (QED) is 0.540. The third kappa shape index (κ3) is 4.89. The second kappa shape index (κ2) is 9.00. The van der Waals surface area contributed by atoms with E-state index in [1.165, 1.54) is 10.9 Å². The predicted octanol–water partition coefficient (Wildman–Crippen LogP) is 4.02. The summed E-state index contributed by atoms with van der Waals surface area (Å²) in [7, 11) is 0. The summed E-state index contributed by atoms with van der Waals surface area (Å²) in [5.41, 5.74) is 1.05. The number of rotatable bonds is 7. The van der Waals surface area contributed by atoms with Crippen LogP contribution in [0.25, 0.3) is 10.9 Å². The van der Waals surface area contributed by atoms with Gasteiger partial charge in [0.05, 0.1) is 17.1 Å². The molecule has 0 spiro atoms. The van der Waals surface area contributed by atoms with Crippen LogP contribution in [0.15, 0.2) is 56.8 Å². The molecule has 0 aliphatic carbocycles. The summed E-state index contributed by atoms with van der Waals surface area (Å²) >= 11 is 3.39. The number of benzene rings is 2. The molecule has 1 N–H and O–H groups in total. The molecule has 0 bridgehead atoms. The summed E-state index contributed by atoms with van der Waals surface area (Å²) in [5.74, 6) is -0.0198. The molecule has 0 saturated heterocycles. The molecular formula is C21H20BrN3O4. The van der Waals surface area contributed by atoms with Gasteiger partial charge in [-0.05, 0) is 42.3 Å². The first-order valence-electron chi connectivity index (χ1n) is 9.10. The van der Waals surface area contributed by atoms with Crippen molar-refractivity contribution >= 4 is 39.0 Å². The van der Waals surface area contributed by atoms with Crippen LogP contribution in [-0.4, -0.2) is 33.6 Å². The summed E-state index contributed by atoms with van der Waals surface area (Å²) < 4.78 is 7.30. The Kier molecular flexibility index (Phi) is 6.43. The van der Waals surface area contributed by atoms with E-state index in [1.54, 1.807) is 30.3 Å². The highest BCUT2D eigenvalue weighted by atomic mass is 79.9. The molecule has 1 heterocycles. The van der Waals surface area contributed by atoms with Crippen LogP contribution in [0.4, 0.5) is 0 Å². The normalized spacial score (nSPS) is 12.4. The first kappa shape index (κ1) is 20.7. The Labute approximate surface area is 175 Å². The van der Waals surface area contributed by atoms with Crippen molar-refractivity contribution in [3.05, 3.63) is 68.7 Å². The Morgan fingerprint density at radius 1 is 1.34 bits per heavy atom. The molecule has 0 aliphatic heterocycles. The van der Waals surface area contributed by atoms with Crippen molar-refractivity contribution in [2.75, 3.05) is 6.61 Å². The van der Waals surface area contributed by atoms with Crippen molar-refractivity contribution in [3.63, 3.8) is 0 Å². The van der Waals surface area contributed by atoms with Gasteiger partial charge in [0.15, 0.2) is 6.61 Å². The molecule has 29 heavy (non-hydrogen) atoms. The number of hydrogen-bond acceptors (Lipinski definition) is 5. The fourth-order valence-corrected chi connectivity index (χ4v) is 3.09. The molecule has 150 valence electrons. The van der Waals surface area contributed by atoms with Crippen molar-refractivity contribution in [1.29, 1.82) is 0 Å². The van der Waals surface area contributed by atoms with E-state index >= 15 is 0 Å². The Bertz CT molecular complexity index is 1140. The van der Waals surface area contributed by atoms with Crippen LogP contribution < -0.4 is 10.3 Å². The zero-order valence-electron chi connectivity index (χ0n) is 16.0. The number of carboxylic acids is 1. The van der Waals surface area contributed by atoms with Crippen LogP contribution in [0, 0.1) is 0 Å². The summed E-state index contributed by atoms with van der Waals surface area (Å²) in [6.07, 6.45) is 2.34. The van der Waals surface area contributed by atoms with Crippen LogP contribution in [-0.2, 0) is 4.79 Å². The van der Waals surface area contributed by atoms with Gasteiger partial charge in [-0.1, -0.05) is 41.9 Å². The number of hydrogen-bond donors (Lipinski definition) is 1. The van der Waals surface area contributed by atoms with E-state index < -0.39 is 12.6 Å². The lowest BCUT2D eigenvalue weighted by atomic mass is 10.1. The molecule has 0 saturated carbocycles. The summed E-state index contributed by atoms with van der Waals surface area (Å²) in [6, 6.07) is 12.2. The van der Waals surface area contributed by atoms with E-state index in [0.29, 0.717) is 28.0 Å². The minimum absolute atomic E-state index is 0.0399. The van der Waals surface area contributed by atoms with E-state index in [-0.39, 0.29) is 11.5 Å². The van der Waals surface area contributed by atoms with E-state index in [2.05, 4.69) is 26.0 Å². The lowest BCUT2D eigenvalue weighted by molar-refractivity contribution is -0.139. The molecule has 2 aromatic carbocycles. The third-order valence-corrected chi connectivity index (χ3v) is 4.92. The summed E-state index contributed by atoms with van der Waals surface area (Å²) in [5, 5.41) is 13.6. The maximum atomic E-state index is 13.1. The van der Waals surface area contributed by atoms with Gasteiger partial charge in [-0.2, -0.15) is 9.78 Å². The van der Waals surface area contributed by atoms with Gasteiger partial charge >= 0.3 is 5.97 Å². The number of aromatic nitrogens is 2. The molecule has 1 atom stereocenters. The Hall–Kier alpha value is -3.00. The summed E-state index contributed by atoms with van der Waals surface area (Å²) in [6.45, 7) is 3.60. The number of fused-ring (bicyclic) bond motifs is 1. The van der Waals surface area contributed by atoms with Gasteiger partial charge in [0, 0.05) is 10.4 Å². The van der Waals surface area contributed by atoms with E-state index in [4.69, 9.17) is 9.84 Å². The van der Waals surface area contributed by atoms with Crippen molar-refractivity contribution in [2.24, 2.45) is 5.10 Å². The minimum atomic E-state index is -1.05. The molecule has 0 radical (unpaired) electrons. The van der Waals surface area contributed by atoms with Crippen LogP contribution in [0.2, 0.25) is 0 Å². The topological polar surface area (TPSA) is 93.8 Å². The molecule has 0 amide bonds. The Morgan fingerprint density at radius 3 is 2.86 bits per heavy atom. The highest BCUT2D eigenvalue weighted by Crippen LogP contribution is 2.21. The number of nitrogens with zero attached hydrogens (tertiary/aromatic N) is 3. The number of ether oxygens (including phenoxy) is 1. The summed E-state index contributed by atoms with van der Waals surface area (Å²) in [4.78, 5) is 28.4. The molecular weight excluding hydrogens is 438 g/mol. The SMILES string of the molecule is CC[C@@H](C)c1nc2ccc(Br)cc2c(=O)n1N=Cc1cccc(OCC(=O)O)c1. The van der Waals surface area contributed by atoms with Crippen molar-refractivity contribution in [2.45, 2.75) is 26.2 Å². The van der Waals surface area contributed by atoms with Gasteiger partial charge in [0.1, 0.15) is 11.6 Å². The molecule has 8 heteroatoms. The van der Waals surface area contributed by atoms with Crippen molar-refractivity contribution in [3.8, 4) is 5.75 Å². The molecule has 1 aromatic heterocycles. The van der Waals surface area contributed by atoms with Crippen molar-refractivity contribution < 1.29 is 14.6 Å². The lowest BCUT2D eigenvalue weighted by Gasteiger charge is -2.14. The second-order valence-electron chi connectivity index (χ2n) is 6.56. The lowest BCUT2D eigenvalue weighted by Crippen LogP contribution is -2.23. The molecule has 0 fully saturated rings. The minimum Gasteiger partial charge on any atom is -0.482 e. The zero-order chi connectivity index (χ0) is 21.0. The first-order chi connectivity index (χ1) is 13.9. The first-order valence-corrected chi connectivity index (χ1v) is 9.89. The smallest absolute Gasteiger partial charge is 0.341 e. The number of aliphatic carboxylic acids is 1. The highest BCUT2D eigenvalue weighted by molar-refractivity contribution is 9.10. The van der Waals surface area contributed by atoms with Gasteiger partial charge in [-0.25, -0.2) is 9.78 Å². The standard InChI is InChI=1S/C21H20BrN3O4/c1-3-13(2)20-24-18-8-7-15(22)10-17(18)21(28)25(20)23-11-14-5-4-6-16(9-14)29-12-19(26)27/h4-11,13H,3,12H2,1-2H3,(H,26,27)/t13-/m1/s1. The average Bonchev–Trinajstić information content (AvgIpc) is 2.71. The van der Waals surface area contributed by atoms with Crippen LogP contribution >= 0.6 is 15.9 Å². The van der Waals surface area contributed by atoms with Gasteiger partial charge in [0.2, 0.25) is 0 Å². The molecule has 0 aliphatic rings. The fourth-order valence-electron chi connectivity index (χ4n) is 2.73. The zero-order valence-corrected chi connectivity index (χ0v) is 17.6. The molecule has 3 aromatic rings. The van der Waals surface area contributed by atoms with Crippen LogP contribution in [0.1, 0.15) is 37.6 Å². The number of halogens is 1. The van der Waals surface area contributed by atoms with E-state index in [0.717, 1.165) is 10.9 Å². The van der Waals surface area contributed by atoms with Gasteiger partial charge < -0.3 is 9.84 Å². The largest absolute Gasteiger partial charge is 0.482 e. The Morgan fingerprint density at radius 2 is 2.14 bits per heavy atom. The highest BCUT2D eigenvalue weighted by Gasteiger charge is 2.15. The molecule has 7 nitrogen and oxygen atoms in total. The molecule has 3 rings (SSSR count). The van der Waals surface area contributed by atoms with Crippen LogP contribution in [0.5, 0.6) is 5.75 Å². The predicted molar refractivity (Wildman–Crippen MR) is 115 cm³/mol. The van der Waals surface area contributed by atoms with Gasteiger partial charge in [0.25, 0.3) is 5.56 Å². The van der Waals surface area contributed by atoms with E-state index in [1.807, 2.05) is 26.0 Å². The molecule has 0 unspecified atom stereocenters.